The molecule has 0 aliphatic carbocycles. The lowest BCUT2D eigenvalue weighted by Gasteiger charge is -2.02. The third-order valence-electron chi connectivity index (χ3n) is 3.70. The van der Waals surface area contributed by atoms with Gasteiger partial charge in [-0.2, -0.15) is 0 Å². The van der Waals surface area contributed by atoms with E-state index in [2.05, 4.69) is 9.97 Å². The number of ether oxygens (including phenoxy) is 1. The van der Waals surface area contributed by atoms with E-state index < -0.39 is 0 Å². The Hall–Kier alpha value is -2.66. The number of nitrogens with one attached hydrogen (secondary N) is 1. The summed E-state index contributed by atoms with van der Waals surface area (Å²) in [7, 11) is 0. The molecule has 1 N–H and O–H groups in total. The number of fused-ring (bicyclic) bond motifs is 2. The van der Waals surface area contributed by atoms with Crippen molar-refractivity contribution in [2.75, 3.05) is 0 Å². The summed E-state index contributed by atoms with van der Waals surface area (Å²) in [5.41, 5.74) is 2.93. The molecule has 0 radical (unpaired) electrons. The summed E-state index contributed by atoms with van der Waals surface area (Å²) in [6, 6.07) is 15.8. The highest BCUT2D eigenvalue weighted by Gasteiger charge is 2.11. The van der Waals surface area contributed by atoms with Gasteiger partial charge in [-0.15, -0.1) is 11.3 Å². The maximum absolute atomic E-state index is 12.1. The van der Waals surface area contributed by atoms with Crippen LogP contribution in [0.15, 0.2) is 54.7 Å². The molecule has 0 aliphatic rings. The topological polar surface area (TPSA) is 55.0 Å². The SMILES string of the molecule is O=C(Cc1c[nH]c2ccccc12)OCc1nc2ccccc2s1. The van der Waals surface area contributed by atoms with Gasteiger partial charge in [0.25, 0.3) is 0 Å². The molecule has 4 rings (SSSR count). The summed E-state index contributed by atoms with van der Waals surface area (Å²) in [5.74, 6) is -0.242. The average molecular weight is 322 g/mol. The molecule has 0 unspecified atom stereocenters. The molecular weight excluding hydrogens is 308 g/mol. The van der Waals surface area contributed by atoms with Crippen molar-refractivity contribution in [1.29, 1.82) is 0 Å². The predicted molar refractivity (Wildman–Crippen MR) is 91.4 cm³/mol. The van der Waals surface area contributed by atoms with E-state index >= 15 is 0 Å². The normalized spacial score (nSPS) is 11.1. The molecule has 0 atom stereocenters. The highest BCUT2D eigenvalue weighted by atomic mass is 32.1. The number of rotatable bonds is 4. The largest absolute Gasteiger partial charge is 0.458 e. The van der Waals surface area contributed by atoms with Crippen LogP contribution in [0.3, 0.4) is 0 Å². The minimum Gasteiger partial charge on any atom is -0.458 e. The van der Waals surface area contributed by atoms with Gasteiger partial charge in [0, 0.05) is 17.1 Å². The van der Waals surface area contributed by atoms with Gasteiger partial charge in [-0.3, -0.25) is 4.79 Å². The van der Waals surface area contributed by atoms with E-state index in [0.717, 1.165) is 31.7 Å². The Bertz CT molecular complexity index is 954. The summed E-state index contributed by atoms with van der Waals surface area (Å²) >= 11 is 1.56. The quantitative estimate of drug-likeness (QED) is 0.576. The lowest BCUT2D eigenvalue weighted by atomic mass is 10.1. The number of carbonyl (C=O) groups excluding carboxylic acids is 1. The minimum atomic E-state index is -0.242. The molecule has 2 aromatic carbocycles. The molecule has 5 heteroatoms. The van der Waals surface area contributed by atoms with Gasteiger partial charge in [0.2, 0.25) is 0 Å². The smallest absolute Gasteiger partial charge is 0.310 e. The average Bonchev–Trinajstić information content (AvgIpc) is 3.17. The lowest BCUT2D eigenvalue weighted by Crippen LogP contribution is -2.07. The number of benzene rings is 2. The number of aromatic amines is 1. The fourth-order valence-electron chi connectivity index (χ4n) is 2.61. The number of hydrogen-bond acceptors (Lipinski definition) is 4. The molecule has 0 aliphatic heterocycles. The standard InChI is InChI=1S/C18H14N2O2S/c21-18(9-12-10-19-14-6-2-1-5-13(12)14)22-11-17-20-15-7-3-4-8-16(15)23-17/h1-8,10,19H,9,11H2. The zero-order valence-corrected chi connectivity index (χ0v) is 13.1. The zero-order chi connectivity index (χ0) is 15.6. The molecule has 0 bridgehead atoms. The second kappa shape index (κ2) is 5.85. The van der Waals surface area contributed by atoms with Crippen molar-refractivity contribution in [3.05, 3.63) is 65.3 Å². The Morgan fingerprint density at radius 3 is 2.87 bits per heavy atom. The second-order valence-corrected chi connectivity index (χ2v) is 6.39. The van der Waals surface area contributed by atoms with Crippen LogP contribution in [0, 0.1) is 0 Å². The van der Waals surface area contributed by atoms with Gasteiger partial charge in [0.1, 0.15) is 11.6 Å². The van der Waals surface area contributed by atoms with Crippen molar-refractivity contribution in [2.24, 2.45) is 0 Å². The first-order chi connectivity index (χ1) is 11.3. The van der Waals surface area contributed by atoms with Crippen LogP contribution in [0.2, 0.25) is 0 Å². The first kappa shape index (κ1) is 14.0. The van der Waals surface area contributed by atoms with E-state index in [1.165, 1.54) is 0 Å². The molecule has 23 heavy (non-hydrogen) atoms. The van der Waals surface area contributed by atoms with Crippen LogP contribution in [0.4, 0.5) is 0 Å². The van der Waals surface area contributed by atoms with Crippen LogP contribution in [0.1, 0.15) is 10.6 Å². The number of esters is 1. The van der Waals surface area contributed by atoms with Crippen LogP contribution in [0.25, 0.3) is 21.1 Å². The highest BCUT2D eigenvalue weighted by Crippen LogP contribution is 2.22. The summed E-state index contributed by atoms with van der Waals surface area (Å²) < 4.78 is 6.48. The van der Waals surface area contributed by atoms with Crippen LogP contribution in [-0.4, -0.2) is 15.9 Å². The Balaban J connectivity index is 1.43. The van der Waals surface area contributed by atoms with Crippen LogP contribution in [0.5, 0.6) is 0 Å². The van der Waals surface area contributed by atoms with E-state index in [1.54, 1.807) is 11.3 Å². The summed E-state index contributed by atoms with van der Waals surface area (Å²) in [6.07, 6.45) is 2.12. The number of para-hydroxylation sites is 2. The summed E-state index contributed by atoms with van der Waals surface area (Å²) in [4.78, 5) is 19.7. The molecule has 0 spiro atoms. The number of hydrogen-bond donors (Lipinski definition) is 1. The zero-order valence-electron chi connectivity index (χ0n) is 12.3. The fourth-order valence-corrected chi connectivity index (χ4v) is 3.49. The minimum absolute atomic E-state index is 0.223. The summed E-state index contributed by atoms with van der Waals surface area (Å²) in [5, 5.41) is 1.88. The number of aromatic nitrogens is 2. The van der Waals surface area contributed by atoms with E-state index in [0.29, 0.717) is 0 Å². The number of H-pyrrole nitrogens is 1. The first-order valence-corrected chi connectivity index (χ1v) is 8.16. The molecule has 2 heterocycles. The maximum Gasteiger partial charge on any atom is 0.310 e. The van der Waals surface area contributed by atoms with Gasteiger partial charge < -0.3 is 9.72 Å². The van der Waals surface area contributed by atoms with E-state index in [4.69, 9.17) is 4.74 Å². The molecule has 114 valence electrons. The van der Waals surface area contributed by atoms with Crippen molar-refractivity contribution >= 4 is 38.4 Å². The molecule has 4 aromatic rings. The molecule has 2 aromatic heterocycles. The number of nitrogens with zero attached hydrogens (tertiary/aromatic N) is 1. The number of thiazole rings is 1. The van der Waals surface area contributed by atoms with Crippen LogP contribution < -0.4 is 0 Å². The lowest BCUT2D eigenvalue weighted by molar-refractivity contribution is -0.144. The molecular formula is C18H14N2O2S. The Morgan fingerprint density at radius 1 is 1.13 bits per heavy atom. The Morgan fingerprint density at radius 2 is 1.96 bits per heavy atom. The van der Waals surface area contributed by atoms with Gasteiger partial charge in [-0.1, -0.05) is 30.3 Å². The van der Waals surface area contributed by atoms with Gasteiger partial charge in [-0.05, 0) is 23.8 Å². The van der Waals surface area contributed by atoms with Gasteiger partial charge in [-0.25, -0.2) is 4.98 Å². The van der Waals surface area contributed by atoms with Crippen molar-refractivity contribution in [3.63, 3.8) is 0 Å². The van der Waals surface area contributed by atoms with Crippen molar-refractivity contribution < 1.29 is 9.53 Å². The van der Waals surface area contributed by atoms with E-state index in [-0.39, 0.29) is 19.0 Å². The fraction of sp³-hybridized carbons (Fsp3) is 0.111. The molecule has 0 fully saturated rings. The summed E-state index contributed by atoms with van der Waals surface area (Å²) in [6.45, 7) is 0.223. The van der Waals surface area contributed by atoms with Crippen LogP contribution >= 0.6 is 11.3 Å². The van der Waals surface area contributed by atoms with Crippen molar-refractivity contribution in [3.8, 4) is 0 Å². The molecule has 0 saturated heterocycles. The van der Waals surface area contributed by atoms with Gasteiger partial charge >= 0.3 is 5.97 Å². The highest BCUT2D eigenvalue weighted by molar-refractivity contribution is 7.18. The second-order valence-electron chi connectivity index (χ2n) is 5.27. The van der Waals surface area contributed by atoms with E-state index in [9.17, 15) is 4.79 Å². The Labute approximate surface area is 136 Å². The third-order valence-corrected chi connectivity index (χ3v) is 4.71. The molecule has 0 amide bonds. The predicted octanol–water partition coefficient (Wildman–Crippen LogP) is 4.06. The maximum atomic E-state index is 12.1. The molecule has 0 saturated carbocycles. The first-order valence-electron chi connectivity index (χ1n) is 7.35. The monoisotopic (exact) mass is 322 g/mol. The van der Waals surface area contributed by atoms with Gasteiger partial charge in [0.15, 0.2) is 0 Å². The number of carbonyl (C=O) groups is 1. The Kier molecular flexibility index (Phi) is 3.55. The van der Waals surface area contributed by atoms with Crippen molar-refractivity contribution in [1.82, 2.24) is 9.97 Å². The van der Waals surface area contributed by atoms with Crippen LogP contribution in [-0.2, 0) is 22.6 Å². The van der Waals surface area contributed by atoms with E-state index in [1.807, 2.05) is 54.7 Å². The van der Waals surface area contributed by atoms with Gasteiger partial charge in [0.05, 0.1) is 16.6 Å². The third kappa shape index (κ3) is 2.83. The molecule has 4 nitrogen and oxygen atoms in total. The van der Waals surface area contributed by atoms with Crippen molar-refractivity contribution in [2.45, 2.75) is 13.0 Å².